The third kappa shape index (κ3) is 1.61. The van der Waals surface area contributed by atoms with Crippen molar-refractivity contribution in [1.29, 1.82) is 0 Å². The van der Waals surface area contributed by atoms with E-state index in [4.69, 9.17) is 0 Å². The van der Waals surface area contributed by atoms with E-state index in [2.05, 4.69) is 31.0 Å². The van der Waals surface area contributed by atoms with Gasteiger partial charge in [0.05, 0.1) is 15.9 Å². The SMILES string of the molecule is Cc1nn(-c2ncc[nH]c2=O)c(C)c1Br. The molecule has 0 unspecified atom stereocenters. The number of halogens is 1. The molecule has 0 spiro atoms. The van der Waals surface area contributed by atoms with Gasteiger partial charge in [0.2, 0.25) is 5.82 Å². The van der Waals surface area contributed by atoms with E-state index < -0.39 is 0 Å². The summed E-state index contributed by atoms with van der Waals surface area (Å²) in [6.07, 6.45) is 3.02. The molecule has 0 aliphatic carbocycles. The third-order valence-electron chi connectivity index (χ3n) is 2.09. The first-order valence-corrected chi connectivity index (χ1v) is 5.16. The average Bonchev–Trinajstić information content (AvgIpc) is 2.47. The largest absolute Gasteiger partial charge is 0.324 e. The van der Waals surface area contributed by atoms with Crippen molar-refractivity contribution in [2.45, 2.75) is 13.8 Å². The fourth-order valence-electron chi connectivity index (χ4n) is 1.32. The van der Waals surface area contributed by atoms with Crippen LogP contribution in [-0.2, 0) is 0 Å². The zero-order chi connectivity index (χ0) is 11.0. The fourth-order valence-corrected chi connectivity index (χ4v) is 1.57. The Morgan fingerprint density at radius 2 is 2.20 bits per heavy atom. The Morgan fingerprint density at radius 3 is 2.73 bits per heavy atom. The maximum absolute atomic E-state index is 11.5. The molecule has 2 heterocycles. The first kappa shape index (κ1) is 10.1. The highest BCUT2D eigenvalue weighted by Gasteiger charge is 2.12. The molecule has 15 heavy (non-hydrogen) atoms. The number of aromatic nitrogens is 4. The number of nitrogens with one attached hydrogen (secondary N) is 1. The molecule has 0 atom stereocenters. The van der Waals surface area contributed by atoms with Gasteiger partial charge in [0.15, 0.2) is 0 Å². The Hall–Kier alpha value is -1.43. The molecule has 0 radical (unpaired) electrons. The predicted molar refractivity (Wildman–Crippen MR) is 59.2 cm³/mol. The summed E-state index contributed by atoms with van der Waals surface area (Å²) in [5, 5.41) is 4.23. The molecule has 0 aliphatic rings. The molecule has 0 fully saturated rings. The van der Waals surface area contributed by atoms with Crippen LogP contribution in [0, 0.1) is 13.8 Å². The molecular weight excluding hydrogens is 260 g/mol. The van der Waals surface area contributed by atoms with Crippen LogP contribution in [-0.4, -0.2) is 19.7 Å². The van der Waals surface area contributed by atoms with Gasteiger partial charge in [-0.25, -0.2) is 9.67 Å². The number of aryl methyl sites for hydroxylation is 1. The normalized spacial score (nSPS) is 10.6. The van der Waals surface area contributed by atoms with Crippen molar-refractivity contribution < 1.29 is 0 Å². The van der Waals surface area contributed by atoms with Gasteiger partial charge in [-0.3, -0.25) is 4.79 Å². The number of rotatable bonds is 1. The van der Waals surface area contributed by atoms with Crippen LogP contribution < -0.4 is 5.56 Å². The van der Waals surface area contributed by atoms with Crippen molar-refractivity contribution in [2.75, 3.05) is 0 Å². The topological polar surface area (TPSA) is 63.6 Å². The van der Waals surface area contributed by atoms with Gasteiger partial charge in [0.25, 0.3) is 5.56 Å². The van der Waals surface area contributed by atoms with Crippen LogP contribution in [0.4, 0.5) is 0 Å². The number of H-pyrrole nitrogens is 1. The summed E-state index contributed by atoms with van der Waals surface area (Å²) in [6, 6.07) is 0. The Labute approximate surface area is 94.3 Å². The van der Waals surface area contributed by atoms with E-state index in [1.807, 2.05) is 13.8 Å². The van der Waals surface area contributed by atoms with Crippen LogP contribution in [0.15, 0.2) is 21.7 Å². The fraction of sp³-hybridized carbons (Fsp3) is 0.222. The quantitative estimate of drug-likeness (QED) is 0.849. The Kier molecular flexibility index (Phi) is 2.44. The monoisotopic (exact) mass is 268 g/mol. The average molecular weight is 269 g/mol. The molecular formula is C9H9BrN4O. The minimum atomic E-state index is -0.254. The Morgan fingerprint density at radius 1 is 1.47 bits per heavy atom. The molecule has 0 amide bonds. The molecule has 5 nitrogen and oxygen atoms in total. The van der Waals surface area contributed by atoms with Gasteiger partial charge < -0.3 is 4.98 Å². The van der Waals surface area contributed by atoms with E-state index in [0.717, 1.165) is 15.9 Å². The van der Waals surface area contributed by atoms with Crippen molar-refractivity contribution in [3.05, 3.63) is 38.6 Å². The lowest BCUT2D eigenvalue weighted by atomic mass is 10.4. The highest BCUT2D eigenvalue weighted by molar-refractivity contribution is 9.10. The van der Waals surface area contributed by atoms with Gasteiger partial charge in [0, 0.05) is 12.4 Å². The lowest BCUT2D eigenvalue weighted by Crippen LogP contribution is -2.17. The molecule has 0 aromatic carbocycles. The highest BCUT2D eigenvalue weighted by Crippen LogP contribution is 2.20. The van der Waals surface area contributed by atoms with Crippen molar-refractivity contribution in [2.24, 2.45) is 0 Å². The minimum Gasteiger partial charge on any atom is -0.324 e. The molecule has 0 bridgehead atoms. The summed E-state index contributed by atoms with van der Waals surface area (Å²) in [5.41, 5.74) is 1.44. The molecule has 2 aromatic rings. The summed E-state index contributed by atoms with van der Waals surface area (Å²) in [5.74, 6) is 0.281. The molecule has 2 rings (SSSR count). The molecule has 2 aromatic heterocycles. The number of nitrogens with zero attached hydrogens (tertiary/aromatic N) is 3. The number of aromatic amines is 1. The van der Waals surface area contributed by atoms with E-state index in [9.17, 15) is 4.79 Å². The van der Waals surface area contributed by atoms with Gasteiger partial charge in [0.1, 0.15) is 0 Å². The molecule has 78 valence electrons. The van der Waals surface area contributed by atoms with Gasteiger partial charge in [-0.05, 0) is 29.8 Å². The first-order valence-electron chi connectivity index (χ1n) is 4.37. The van der Waals surface area contributed by atoms with Crippen molar-refractivity contribution >= 4 is 15.9 Å². The Bertz CT molecular complexity index is 557. The molecule has 6 heteroatoms. The van der Waals surface area contributed by atoms with Crippen molar-refractivity contribution in [3.63, 3.8) is 0 Å². The Balaban J connectivity index is 2.70. The summed E-state index contributed by atoms with van der Waals surface area (Å²) < 4.78 is 2.42. The van der Waals surface area contributed by atoms with Gasteiger partial charge in [-0.2, -0.15) is 5.10 Å². The zero-order valence-corrected chi connectivity index (χ0v) is 9.87. The van der Waals surface area contributed by atoms with Crippen LogP contribution in [0.3, 0.4) is 0 Å². The summed E-state index contributed by atoms with van der Waals surface area (Å²) in [4.78, 5) is 18.1. The highest BCUT2D eigenvalue weighted by atomic mass is 79.9. The van der Waals surface area contributed by atoms with Crippen LogP contribution in [0.1, 0.15) is 11.4 Å². The maximum atomic E-state index is 11.5. The maximum Gasteiger partial charge on any atom is 0.293 e. The van der Waals surface area contributed by atoms with Crippen LogP contribution in [0.2, 0.25) is 0 Å². The second-order valence-corrected chi connectivity index (χ2v) is 3.93. The molecule has 1 N–H and O–H groups in total. The zero-order valence-electron chi connectivity index (χ0n) is 8.28. The second-order valence-electron chi connectivity index (χ2n) is 3.14. The molecule has 0 saturated heterocycles. The lowest BCUT2D eigenvalue weighted by Gasteiger charge is -2.00. The van der Waals surface area contributed by atoms with Crippen LogP contribution in [0.5, 0.6) is 0 Å². The lowest BCUT2D eigenvalue weighted by molar-refractivity contribution is 0.788. The molecule has 0 aliphatic heterocycles. The summed E-state index contributed by atoms with van der Waals surface area (Å²) in [7, 11) is 0. The van der Waals surface area contributed by atoms with E-state index in [-0.39, 0.29) is 11.4 Å². The number of hydrogen-bond donors (Lipinski definition) is 1. The van der Waals surface area contributed by atoms with Gasteiger partial charge >= 0.3 is 0 Å². The van der Waals surface area contributed by atoms with E-state index in [1.165, 1.54) is 17.1 Å². The van der Waals surface area contributed by atoms with Crippen molar-refractivity contribution in [1.82, 2.24) is 19.7 Å². The van der Waals surface area contributed by atoms with Crippen LogP contribution in [0.25, 0.3) is 5.82 Å². The van der Waals surface area contributed by atoms with Crippen molar-refractivity contribution in [3.8, 4) is 5.82 Å². The van der Waals surface area contributed by atoms with E-state index in [1.54, 1.807) is 0 Å². The standard InChI is InChI=1S/C9H9BrN4O/c1-5-7(10)6(2)14(13-5)8-9(15)12-4-3-11-8/h3-4H,1-2H3,(H,12,15). The first-order chi connectivity index (χ1) is 7.11. The van der Waals surface area contributed by atoms with Gasteiger partial charge in [-0.15, -0.1) is 0 Å². The second kappa shape index (κ2) is 3.62. The summed E-state index contributed by atoms with van der Waals surface area (Å²) in [6.45, 7) is 3.74. The minimum absolute atomic E-state index is 0.254. The van der Waals surface area contributed by atoms with Gasteiger partial charge in [-0.1, -0.05) is 0 Å². The summed E-state index contributed by atoms with van der Waals surface area (Å²) >= 11 is 3.40. The number of hydrogen-bond acceptors (Lipinski definition) is 3. The molecule has 0 saturated carbocycles. The van der Waals surface area contributed by atoms with E-state index >= 15 is 0 Å². The van der Waals surface area contributed by atoms with Crippen LogP contribution >= 0.6 is 15.9 Å². The predicted octanol–water partition coefficient (Wildman–Crippen LogP) is 1.33. The smallest absolute Gasteiger partial charge is 0.293 e. The third-order valence-corrected chi connectivity index (χ3v) is 3.24. The van der Waals surface area contributed by atoms with E-state index in [0.29, 0.717) is 0 Å².